The van der Waals surface area contributed by atoms with Crippen molar-refractivity contribution < 1.29 is 9.32 Å². The third-order valence-electron chi connectivity index (χ3n) is 5.26. The Morgan fingerprint density at radius 3 is 2.70 bits per heavy atom. The number of amides is 1. The average molecular weight is 445 g/mol. The minimum absolute atomic E-state index is 0.211. The summed E-state index contributed by atoms with van der Waals surface area (Å²) in [6.07, 6.45) is 1.91. The van der Waals surface area contributed by atoms with E-state index in [1.54, 1.807) is 18.3 Å². The Bertz CT molecular complexity index is 994. The fourth-order valence-electron chi connectivity index (χ4n) is 3.63. The van der Waals surface area contributed by atoms with Crippen molar-refractivity contribution in [3.63, 3.8) is 0 Å². The first kappa shape index (κ1) is 21.0. The van der Waals surface area contributed by atoms with Crippen LogP contribution in [0.5, 0.6) is 0 Å². The van der Waals surface area contributed by atoms with Crippen LogP contribution in [0.3, 0.4) is 0 Å². The van der Waals surface area contributed by atoms with Gasteiger partial charge in [0.2, 0.25) is 11.8 Å². The lowest BCUT2D eigenvalue weighted by molar-refractivity contribution is -0.133. The van der Waals surface area contributed by atoms with E-state index in [0.29, 0.717) is 24.6 Å². The Morgan fingerprint density at radius 1 is 1.17 bits per heavy atom. The van der Waals surface area contributed by atoms with Crippen LogP contribution in [0.2, 0.25) is 5.02 Å². The average Bonchev–Trinajstić information content (AvgIpc) is 3.38. The number of thiophene rings is 1. The van der Waals surface area contributed by atoms with Crippen LogP contribution < -0.4 is 0 Å². The number of carbonyl (C=O) groups is 1. The molecule has 1 aliphatic rings. The molecule has 3 aromatic rings. The van der Waals surface area contributed by atoms with Crippen LogP contribution in [-0.4, -0.2) is 52.0 Å². The molecule has 0 spiro atoms. The highest BCUT2D eigenvalue weighted by Crippen LogP contribution is 2.33. The van der Waals surface area contributed by atoms with Crippen molar-refractivity contribution in [2.75, 3.05) is 26.2 Å². The number of carbonyl (C=O) groups excluding carboxylic acids is 1. The molecule has 1 amide bonds. The quantitative estimate of drug-likeness (QED) is 0.539. The number of rotatable bonds is 7. The second-order valence-corrected chi connectivity index (χ2v) is 9.07. The number of nitrogens with zero attached hydrogens (tertiary/aromatic N) is 4. The van der Waals surface area contributed by atoms with Gasteiger partial charge in [-0.2, -0.15) is 4.98 Å². The first-order valence-corrected chi connectivity index (χ1v) is 11.4. The van der Waals surface area contributed by atoms with Gasteiger partial charge in [0.25, 0.3) is 0 Å². The van der Waals surface area contributed by atoms with E-state index in [-0.39, 0.29) is 5.91 Å². The van der Waals surface area contributed by atoms with E-state index in [0.717, 1.165) is 49.7 Å². The summed E-state index contributed by atoms with van der Waals surface area (Å²) in [7, 11) is 0. The van der Waals surface area contributed by atoms with Gasteiger partial charge in [-0.05, 0) is 31.5 Å². The van der Waals surface area contributed by atoms with Gasteiger partial charge in [-0.1, -0.05) is 35.0 Å². The third-order valence-corrected chi connectivity index (χ3v) is 6.69. The number of aromatic nitrogens is 2. The first-order valence-electron chi connectivity index (χ1n) is 10.2. The predicted octanol–water partition coefficient (Wildman–Crippen LogP) is 4.43. The van der Waals surface area contributed by atoms with Crippen molar-refractivity contribution in [3.8, 4) is 10.4 Å². The van der Waals surface area contributed by atoms with Gasteiger partial charge in [-0.3, -0.25) is 9.69 Å². The van der Waals surface area contributed by atoms with Crippen LogP contribution in [0, 0.1) is 6.92 Å². The largest absolute Gasteiger partial charge is 0.340 e. The molecular weight excluding hydrogens is 420 g/mol. The second-order valence-electron chi connectivity index (χ2n) is 7.49. The molecule has 0 radical (unpaired) electrons. The molecule has 6 nitrogen and oxygen atoms in total. The fraction of sp³-hybridized carbons (Fsp3) is 0.409. The molecule has 1 saturated heterocycles. The molecule has 0 saturated carbocycles. The highest BCUT2D eigenvalue weighted by Gasteiger charge is 2.21. The van der Waals surface area contributed by atoms with Gasteiger partial charge >= 0.3 is 0 Å². The molecule has 0 bridgehead atoms. The van der Waals surface area contributed by atoms with Crippen LogP contribution in [0.25, 0.3) is 10.4 Å². The fourth-order valence-corrected chi connectivity index (χ4v) is 5.02. The SMILES string of the molecule is Cc1noc(CCCC(=O)N2CCN(Cc3ccc(-c4ccccc4Cl)s3)CC2)n1. The maximum Gasteiger partial charge on any atom is 0.226 e. The molecular formula is C22H25ClN4O2S. The van der Waals surface area contributed by atoms with E-state index in [1.807, 2.05) is 23.1 Å². The summed E-state index contributed by atoms with van der Waals surface area (Å²) in [5.41, 5.74) is 1.08. The molecule has 0 atom stereocenters. The molecule has 8 heteroatoms. The summed E-state index contributed by atoms with van der Waals surface area (Å²) in [5.74, 6) is 1.46. The van der Waals surface area contributed by atoms with Crippen LogP contribution >= 0.6 is 22.9 Å². The monoisotopic (exact) mass is 444 g/mol. The summed E-state index contributed by atoms with van der Waals surface area (Å²) in [4.78, 5) is 23.6. The maximum atomic E-state index is 12.5. The van der Waals surface area contributed by atoms with Crippen molar-refractivity contribution in [3.05, 3.63) is 58.0 Å². The highest BCUT2D eigenvalue weighted by atomic mass is 35.5. The minimum atomic E-state index is 0.211. The topological polar surface area (TPSA) is 62.5 Å². The summed E-state index contributed by atoms with van der Waals surface area (Å²) in [6.45, 7) is 6.06. The molecule has 1 aliphatic heterocycles. The molecule has 1 aromatic carbocycles. The Labute approximate surface area is 185 Å². The summed E-state index contributed by atoms with van der Waals surface area (Å²) in [6, 6.07) is 12.3. The number of aryl methyl sites for hydroxylation is 2. The van der Waals surface area contributed by atoms with E-state index in [4.69, 9.17) is 16.1 Å². The first-order chi connectivity index (χ1) is 14.6. The Hall–Kier alpha value is -2.22. The third kappa shape index (κ3) is 5.28. The number of halogens is 1. The zero-order chi connectivity index (χ0) is 20.9. The van der Waals surface area contributed by atoms with Gasteiger partial charge in [0.15, 0.2) is 5.82 Å². The molecule has 0 N–H and O–H groups in total. The zero-order valence-corrected chi connectivity index (χ0v) is 18.6. The normalized spacial score (nSPS) is 14.9. The van der Waals surface area contributed by atoms with Crippen LogP contribution in [0.15, 0.2) is 40.9 Å². The number of hydrogen-bond acceptors (Lipinski definition) is 6. The van der Waals surface area contributed by atoms with Crippen LogP contribution in [0.4, 0.5) is 0 Å². The van der Waals surface area contributed by atoms with Gasteiger partial charge in [0, 0.05) is 65.9 Å². The van der Waals surface area contributed by atoms with Crippen LogP contribution in [0.1, 0.15) is 29.4 Å². The van der Waals surface area contributed by atoms with Crippen molar-refractivity contribution in [2.45, 2.75) is 32.7 Å². The van der Waals surface area contributed by atoms with E-state index in [1.165, 1.54) is 9.75 Å². The smallest absolute Gasteiger partial charge is 0.226 e. The molecule has 30 heavy (non-hydrogen) atoms. The van der Waals surface area contributed by atoms with Crippen LogP contribution in [-0.2, 0) is 17.8 Å². The minimum Gasteiger partial charge on any atom is -0.340 e. The zero-order valence-electron chi connectivity index (χ0n) is 17.0. The van der Waals surface area contributed by atoms with Crippen molar-refractivity contribution in [1.29, 1.82) is 0 Å². The molecule has 2 aromatic heterocycles. The van der Waals surface area contributed by atoms with E-state index >= 15 is 0 Å². The standard InChI is InChI=1S/C22H25ClN4O2S/c1-16-24-21(29-25-16)7-4-8-22(28)27-13-11-26(12-14-27)15-17-9-10-20(30-17)18-5-2-3-6-19(18)23/h2-3,5-6,9-10H,4,7-8,11-15H2,1H3. The Balaban J connectivity index is 1.22. The Kier molecular flexibility index (Phi) is 6.82. The van der Waals surface area contributed by atoms with E-state index < -0.39 is 0 Å². The van der Waals surface area contributed by atoms with Gasteiger partial charge in [0.1, 0.15) is 0 Å². The lowest BCUT2D eigenvalue weighted by Gasteiger charge is -2.34. The molecule has 0 unspecified atom stereocenters. The van der Waals surface area contributed by atoms with E-state index in [9.17, 15) is 4.79 Å². The number of hydrogen-bond donors (Lipinski definition) is 0. The van der Waals surface area contributed by atoms with Crippen molar-refractivity contribution in [2.24, 2.45) is 0 Å². The number of benzene rings is 1. The van der Waals surface area contributed by atoms with Gasteiger partial charge in [0.05, 0.1) is 0 Å². The summed E-state index contributed by atoms with van der Waals surface area (Å²) >= 11 is 8.11. The van der Waals surface area contributed by atoms with Crippen molar-refractivity contribution >= 4 is 28.8 Å². The molecule has 158 valence electrons. The molecule has 4 rings (SSSR count). The van der Waals surface area contributed by atoms with Gasteiger partial charge < -0.3 is 9.42 Å². The molecule has 0 aliphatic carbocycles. The van der Waals surface area contributed by atoms with Gasteiger partial charge in [-0.15, -0.1) is 11.3 Å². The molecule has 1 fully saturated rings. The maximum absolute atomic E-state index is 12.5. The lowest BCUT2D eigenvalue weighted by atomic mass is 10.2. The Morgan fingerprint density at radius 2 is 1.97 bits per heavy atom. The van der Waals surface area contributed by atoms with Gasteiger partial charge in [-0.25, -0.2) is 0 Å². The second kappa shape index (κ2) is 9.73. The summed E-state index contributed by atoms with van der Waals surface area (Å²) in [5, 5.41) is 4.56. The lowest BCUT2D eigenvalue weighted by Crippen LogP contribution is -2.48. The van der Waals surface area contributed by atoms with E-state index in [2.05, 4.69) is 33.2 Å². The molecule has 3 heterocycles. The number of piperazine rings is 1. The van der Waals surface area contributed by atoms with Crippen molar-refractivity contribution in [1.82, 2.24) is 19.9 Å². The predicted molar refractivity (Wildman–Crippen MR) is 119 cm³/mol. The highest BCUT2D eigenvalue weighted by molar-refractivity contribution is 7.15. The summed E-state index contributed by atoms with van der Waals surface area (Å²) < 4.78 is 5.10.